The lowest BCUT2D eigenvalue weighted by molar-refractivity contribution is -0.118. The monoisotopic (exact) mass is 447 g/mol. The van der Waals surface area contributed by atoms with E-state index in [9.17, 15) is 14.7 Å². The minimum Gasteiger partial charge on any atom is -0.504 e. The number of ether oxygens (including phenoxy) is 1. The number of hydrogen-bond donors (Lipinski definition) is 3. The Bertz CT molecular complexity index is 1190. The molecule has 1 aromatic carbocycles. The van der Waals surface area contributed by atoms with Crippen molar-refractivity contribution in [3.63, 3.8) is 0 Å². The van der Waals surface area contributed by atoms with Crippen LogP contribution in [0.4, 0.5) is 5.82 Å². The number of nitrogens with zero attached hydrogens (tertiary/aromatic N) is 1. The van der Waals surface area contributed by atoms with Gasteiger partial charge in [-0.05, 0) is 55.0 Å². The number of aryl methyl sites for hydroxylation is 1. The largest absolute Gasteiger partial charge is 0.504 e. The Morgan fingerprint density at radius 2 is 1.97 bits per heavy atom. The predicted octanol–water partition coefficient (Wildman–Crippen LogP) is 4.35. The maximum absolute atomic E-state index is 13.5. The molecule has 0 saturated carbocycles. The highest BCUT2D eigenvalue weighted by atomic mass is 16.5. The van der Waals surface area contributed by atoms with Crippen molar-refractivity contribution in [2.75, 3.05) is 12.4 Å². The molecule has 0 spiro atoms. The van der Waals surface area contributed by atoms with E-state index in [2.05, 4.69) is 29.5 Å². The number of nitrogens with one attached hydrogen (secondary N) is 2. The Morgan fingerprint density at radius 1 is 1.21 bits per heavy atom. The van der Waals surface area contributed by atoms with E-state index in [0.717, 1.165) is 11.3 Å². The van der Waals surface area contributed by atoms with Gasteiger partial charge in [0.1, 0.15) is 5.82 Å². The normalized spacial score (nSPS) is 19.7. The molecule has 4 rings (SSSR count). The number of amides is 1. The van der Waals surface area contributed by atoms with Crippen molar-refractivity contribution in [2.45, 2.75) is 46.5 Å². The number of phenolic OH excluding ortho intramolecular Hbond substituents is 1. The highest BCUT2D eigenvalue weighted by molar-refractivity contribution is 6.09. The summed E-state index contributed by atoms with van der Waals surface area (Å²) < 4.78 is 5.31. The van der Waals surface area contributed by atoms with Crippen molar-refractivity contribution < 1.29 is 19.4 Å². The number of dihydropyridines is 1. The number of anilines is 1. The number of phenols is 1. The number of aromatic nitrogens is 1. The second-order valence-corrected chi connectivity index (χ2v) is 9.54. The third kappa shape index (κ3) is 4.35. The number of ketones is 1. The first kappa shape index (κ1) is 22.6. The van der Waals surface area contributed by atoms with Crippen LogP contribution in [-0.2, 0) is 9.59 Å². The van der Waals surface area contributed by atoms with Gasteiger partial charge in [-0.3, -0.25) is 9.59 Å². The van der Waals surface area contributed by atoms with Crippen LogP contribution < -0.4 is 15.4 Å². The molecule has 2 aliphatic rings. The van der Waals surface area contributed by atoms with Gasteiger partial charge < -0.3 is 20.5 Å². The van der Waals surface area contributed by atoms with Crippen molar-refractivity contribution in [1.82, 2.24) is 10.3 Å². The Labute approximate surface area is 193 Å². The molecule has 2 aromatic rings. The van der Waals surface area contributed by atoms with Crippen LogP contribution in [0.5, 0.6) is 11.5 Å². The van der Waals surface area contributed by atoms with Crippen LogP contribution in [-0.4, -0.2) is 28.9 Å². The molecular formula is C26H29N3O4. The van der Waals surface area contributed by atoms with E-state index >= 15 is 0 Å². The maximum Gasteiger partial charge on any atom is 0.255 e. The van der Waals surface area contributed by atoms with E-state index in [-0.39, 0.29) is 28.6 Å². The smallest absolute Gasteiger partial charge is 0.255 e. The number of Topliss-reactive ketones (excluding diaryl/α,β-unsaturated/α-hetero) is 1. The van der Waals surface area contributed by atoms with Crippen LogP contribution in [0.25, 0.3) is 0 Å². The summed E-state index contributed by atoms with van der Waals surface area (Å²) in [5.74, 6) is -0.200. The van der Waals surface area contributed by atoms with Gasteiger partial charge in [0.15, 0.2) is 17.3 Å². The summed E-state index contributed by atoms with van der Waals surface area (Å²) in [7, 11) is 1.47. The first-order valence-electron chi connectivity index (χ1n) is 10.9. The number of aromatic hydroxyl groups is 1. The molecule has 0 radical (unpaired) electrons. The molecule has 7 nitrogen and oxygen atoms in total. The lowest BCUT2D eigenvalue weighted by atomic mass is 9.68. The van der Waals surface area contributed by atoms with Gasteiger partial charge in [0.25, 0.3) is 5.91 Å². The van der Waals surface area contributed by atoms with Crippen molar-refractivity contribution in [2.24, 2.45) is 5.41 Å². The highest BCUT2D eigenvalue weighted by Gasteiger charge is 2.42. The molecule has 0 fully saturated rings. The van der Waals surface area contributed by atoms with Gasteiger partial charge in [-0.2, -0.15) is 0 Å². The number of carbonyl (C=O) groups is 2. The number of methoxy groups -OCH3 is 1. The Morgan fingerprint density at radius 3 is 2.64 bits per heavy atom. The molecule has 0 bridgehead atoms. The van der Waals surface area contributed by atoms with Crippen molar-refractivity contribution >= 4 is 17.5 Å². The summed E-state index contributed by atoms with van der Waals surface area (Å²) in [4.78, 5) is 31.2. The van der Waals surface area contributed by atoms with E-state index in [1.165, 1.54) is 13.2 Å². The number of rotatable bonds is 4. The fourth-order valence-corrected chi connectivity index (χ4v) is 4.67. The number of carbonyl (C=O) groups excluding carboxylic acids is 2. The fraction of sp³-hybridized carbons (Fsp3) is 0.346. The van der Waals surface area contributed by atoms with Gasteiger partial charge in [0.05, 0.1) is 7.11 Å². The summed E-state index contributed by atoms with van der Waals surface area (Å²) in [5.41, 5.74) is 4.07. The number of hydrogen-bond acceptors (Lipinski definition) is 6. The maximum atomic E-state index is 13.5. The van der Waals surface area contributed by atoms with Gasteiger partial charge in [0.2, 0.25) is 0 Å². The number of pyridine rings is 1. The van der Waals surface area contributed by atoms with E-state index in [1.54, 1.807) is 24.4 Å². The molecule has 1 aliphatic heterocycles. The molecule has 3 N–H and O–H groups in total. The third-order valence-electron chi connectivity index (χ3n) is 6.17. The Hall–Kier alpha value is -3.61. The zero-order valence-corrected chi connectivity index (χ0v) is 19.6. The topological polar surface area (TPSA) is 101 Å². The van der Waals surface area contributed by atoms with Crippen molar-refractivity contribution in [3.8, 4) is 11.5 Å². The summed E-state index contributed by atoms with van der Waals surface area (Å²) in [6, 6.07) is 8.57. The molecule has 7 heteroatoms. The molecule has 0 unspecified atom stereocenters. The first-order valence-corrected chi connectivity index (χ1v) is 10.9. The average molecular weight is 448 g/mol. The van der Waals surface area contributed by atoms with Gasteiger partial charge >= 0.3 is 0 Å². The second kappa shape index (κ2) is 8.39. The van der Waals surface area contributed by atoms with Gasteiger partial charge in [-0.15, -0.1) is 0 Å². The molecule has 1 aromatic heterocycles. The van der Waals surface area contributed by atoms with E-state index < -0.39 is 5.92 Å². The summed E-state index contributed by atoms with van der Waals surface area (Å²) in [5, 5.41) is 16.3. The van der Waals surface area contributed by atoms with E-state index in [4.69, 9.17) is 4.74 Å². The van der Waals surface area contributed by atoms with Crippen LogP contribution in [0.3, 0.4) is 0 Å². The fourth-order valence-electron chi connectivity index (χ4n) is 4.67. The van der Waals surface area contributed by atoms with Crippen LogP contribution >= 0.6 is 0 Å². The lowest BCUT2D eigenvalue weighted by Gasteiger charge is -2.39. The zero-order chi connectivity index (χ0) is 23.9. The standard InChI is InChI=1S/C26H29N3O4/c1-14-6-9-21(27-13-14)29-25(32)22-15(2)28-17-11-26(3,4)12-19(31)24(17)23(22)16-7-8-18(30)20(10-16)33-5/h6-10,13,23,28,30H,11-12H2,1-5H3,(H,27,29,32)/t23-/m0/s1. The van der Waals surface area contributed by atoms with Crippen LogP contribution in [0.2, 0.25) is 0 Å². The lowest BCUT2D eigenvalue weighted by Crippen LogP contribution is -2.39. The molecule has 1 amide bonds. The SMILES string of the molecule is COc1cc([C@H]2C(C(=O)Nc3ccc(C)cn3)=C(C)NC3=C2C(=O)CC(C)(C)C3)ccc1O. The average Bonchev–Trinajstić information content (AvgIpc) is 2.73. The van der Waals surface area contributed by atoms with Crippen molar-refractivity contribution in [1.29, 1.82) is 0 Å². The van der Waals surface area contributed by atoms with Gasteiger partial charge in [-0.1, -0.05) is 26.0 Å². The highest BCUT2D eigenvalue weighted by Crippen LogP contribution is 2.47. The minimum atomic E-state index is -0.593. The van der Waals surface area contributed by atoms with Crippen LogP contribution in [0.1, 0.15) is 50.7 Å². The Kier molecular flexibility index (Phi) is 5.74. The van der Waals surface area contributed by atoms with E-state index in [0.29, 0.717) is 41.1 Å². The van der Waals surface area contributed by atoms with Gasteiger partial charge in [0, 0.05) is 41.1 Å². The zero-order valence-electron chi connectivity index (χ0n) is 19.6. The number of allylic oxidation sites excluding steroid dienone is 3. The van der Waals surface area contributed by atoms with E-state index in [1.807, 2.05) is 19.9 Å². The molecule has 0 saturated heterocycles. The van der Waals surface area contributed by atoms with Gasteiger partial charge in [-0.25, -0.2) is 4.98 Å². The number of benzene rings is 1. The molecule has 2 heterocycles. The summed E-state index contributed by atoms with van der Waals surface area (Å²) in [6.07, 6.45) is 2.78. The quantitative estimate of drug-likeness (QED) is 0.644. The minimum absolute atomic E-state index is 0.00366. The predicted molar refractivity (Wildman–Crippen MR) is 126 cm³/mol. The molecule has 33 heavy (non-hydrogen) atoms. The third-order valence-corrected chi connectivity index (χ3v) is 6.17. The molecule has 172 valence electrons. The molecule has 1 aliphatic carbocycles. The first-order chi connectivity index (χ1) is 15.6. The van der Waals surface area contributed by atoms with Crippen molar-refractivity contribution in [3.05, 3.63) is 70.2 Å². The molecule has 1 atom stereocenters. The second-order valence-electron chi connectivity index (χ2n) is 9.54. The molecular weight excluding hydrogens is 418 g/mol. The van der Waals surface area contributed by atoms with Crippen LogP contribution in [0.15, 0.2) is 59.1 Å². The summed E-state index contributed by atoms with van der Waals surface area (Å²) in [6.45, 7) is 7.91. The summed E-state index contributed by atoms with van der Waals surface area (Å²) >= 11 is 0. The van der Waals surface area contributed by atoms with Crippen LogP contribution in [0, 0.1) is 12.3 Å². The Balaban J connectivity index is 1.83.